The monoisotopic (exact) mass is 263 g/mol. The van der Waals surface area contributed by atoms with E-state index >= 15 is 0 Å². The van der Waals surface area contributed by atoms with Gasteiger partial charge in [-0.2, -0.15) is 12.7 Å². The van der Waals surface area contributed by atoms with Crippen LogP contribution >= 0.6 is 0 Å². The maximum atomic E-state index is 13.2. The lowest BCUT2D eigenvalue weighted by atomic mass is 10.4. The summed E-state index contributed by atoms with van der Waals surface area (Å²) in [5.41, 5.74) is -0.157. The normalized spacial score (nSPS) is 11.8. The average molecular weight is 263 g/mol. The van der Waals surface area contributed by atoms with E-state index in [-0.39, 0.29) is 18.8 Å². The van der Waals surface area contributed by atoms with Crippen LogP contribution in [0.3, 0.4) is 0 Å². The van der Waals surface area contributed by atoms with Crippen molar-refractivity contribution in [3.8, 4) is 0 Å². The van der Waals surface area contributed by atoms with Gasteiger partial charge in [0.15, 0.2) is 5.82 Å². The summed E-state index contributed by atoms with van der Waals surface area (Å²) in [6.45, 7) is 0.0437. The first-order valence-corrected chi connectivity index (χ1v) is 6.36. The molecule has 96 valence electrons. The lowest BCUT2D eigenvalue weighted by Crippen LogP contribution is -2.33. The molecule has 0 aromatic carbocycles. The molecular weight excluding hydrogens is 249 g/mol. The highest BCUT2D eigenvalue weighted by Gasteiger charge is 2.18. The smallest absolute Gasteiger partial charge is 0.301 e. The zero-order chi connectivity index (χ0) is 12.9. The molecule has 1 rings (SSSR count). The van der Waals surface area contributed by atoms with Gasteiger partial charge in [0.05, 0.1) is 11.9 Å². The Hall–Kier alpha value is -1.25. The first-order valence-electron chi connectivity index (χ1n) is 4.92. The number of anilines is 1. The maximum Gasteiger partial charge on any atom is 0.301 e. The maximum absolute atomic E-state index is 13.2. The Morgan fingerprint density at radius 3 is 2.88 bits per heavy atom. The van der Waals surface area contributed by atoms with Crippen LogP contribution in [0.5, 0.6) is 0 Å². The molecule has 0 aliphatic heterocycles. The molecule has 0 bridgehead atoms. The van der Waals surface area contributed by atoms with Gasteiger partial charge in [-0.1, -0.05) is 0 Å². The summed E-state index contributed by atoms with van der Waals surface area (Å²) in [6.07, 6.45) is 2.52. The van der Waals surface area contributed by atoms with Crippen LogP contribution in [0.4, 0.5) is 10.1 Å². The molecule has 0 amide bonds. The van der Waals surface area contributed by atoms with E-state index in [1.165, 1.54) is 19.3 Å². The number of hydrogen-bond acceptors (Lipinski definition) is 4. The van der Waals surface area contributed by atoms with Gasteiger partial charge >= 0.3 is 10.2 Å². The minimum absolute atomic E-state index is 0.108. The summed E-state index contributed by atoms with van der Waals surface area (Å²) in [4.78, 5) is 3.51. The molecule has 17 heavy (non-hydrogen) atoms. The molecule has 0 radical (unpaired) electrons. The zero-order valence-electron chi connectivity index (χ0n) is 9.30. The number of rotatable bonds is 6. The third-order valence-corrected chi connectivity index (χ3v) is 3.53. The van der Waals surface area contributed by atoms with Gasteiger partial charge in [-0.15, -0.1) is 0 Å². The van der Waals surface area contributed by atoms with Crippen LogP contribution in [0.15, 0.2) is 18.5 Å². The Bertz CT molecular complexity index is 466. The fourth-order valence-electron chi connectivity index (χ4n) is 1.09. The van der Waals surface area contributed by atoms with Gasteiger partial charge in [0.2, 0.25) is 0 Å². The van der Waals surface area contributed by atoms with Gasteiger partial charge in [-0.3, -0.25) is 9.71 Å². The van der Waals surface area contributed by atoms with Crippen molar-refractivity contribution in [2.75, 3.05) is 24.9 Å². The van der Waals surface area contributed by atoms with E-state index in [4.69, 9.17) is 5.11 Å². The molecule has 0 aliphatic rings. The fourth-order valence-corrected chi connectivity index (χ4v) is 2.06. The Labute approximate surface area is 99.3 Å². The van der Waals surface area contributed by atoms with Crippen molar-refractivity contribution in [1.29, 1.82) is 0 Å². The van der Waals surface area contributed by atoms with Crippen molar-refractivity contribution in [3.05, 3.63) is 24.3 Å². The van der Waals surface area contributed by atoms with Crippen molar-refractivity contribution in [2.45, 2.75) is 6.42 Å². The second-order valence-electron chi connectivity index (χ2n) is 3.36. The van der Waals surface area contributed by atoms with Crippen molar-refractivity contribution in [1.82, 2.24) is 9.29 Å². The quantitative estimate of drug-likeness (QED) is 0.767. The highest BCUT2D eigenvalue weighted by atomic mass is 32.2. The number of aliphatic hydroxyl groups excluding tert-OH is 1. The van der Waals surface area contributed by atoms with Crippen LogP contribution in [0.2, 0.25) is 0 Å². The van der Waals surface area contributed by atoms with Crippen LogP contribution < -0.4 is 4.72 Å². The van der Waals surface area contributed by atoms with E-state index < -0.39 is 16.0 Å². The van der Waals surface area contributed by atoms with Crippen LogP contribution in [0, 0.1) is 5.82 Å². The number of hydrogen-bond donors (Lipinski definition) is 2. The number of aromatic nitrogens is 1. The molecule has 0 spiro atoms. The predicted molar refractivity (Wildman–Crippen MR) is 61.1 cm³/mol. The standard InChI is InChI=1S/C9H14FN3O3S/c1-13(5-2-6-14)17(15,16)12-9-3-4-11-7-8(9)10/h3-4,7,14H,2,5-6H2,1H3,(H,11,12). The summed E-state index contributed by atoms with van der Waals surface area (Å²) in [5.74, 6) is -0.744. The molecule has 0 unspecified atom stereocenters. The lowest BCUT2D eigenvalue weighted by Gasteiger charge is -2.17. The first kappa shape index (κ1) is 13.8. The Balaban J connectivity index is 2.76. The summed E-state index contributed by atoms with van der Waals surface area (Å²) in [7, 11) is -2.46. The molecule has 1 heterocycles. The molecule has 1 aromatic rings. The molecule has 0 fully saturated rings. The van der Waals surface area contributed by atoms with Gasteiger partial charge in [0, 0.05) is 26.4 Å². The summed E-state index contributed by atoms with van der Waals surface area (Å²) in [6, 6.07) is 1.23. The van der Waals surface area contributed by atoms with E-state index in [1.807, 2.05) is 0 Å². The Kier molecular flexibility index (Phi) is 4.79. The molecular formula is C9H14FN3O3S. The number of aliphatic hydroxyl groups is 1. The van der Waals surface area contributed by atoms with Crippen LogP contribution in [0.25, 0.3) is 0 Å². The third-order valence-electron chi connectivity index (χ3n) is 2.05. The van der Waals surface area contributed by atoms with Gasteiger partial charge < -0.3 is 5.11 Å². The van der Waals surface area contributed by atoms with Crippen molar-refractivity contribution in [3.63, 3.8) is 0 Å². The summed E-state index contributed by atoms with van der Waals surface area (Å²) >= 11 is 0. The topological polar surface area (TPSA) is 82.5 Å². The second-order valence-corrected chi connectivity index (χ2v) is 5.14. The third kappa shape index (κ3) is 3.91. The number of nitrogens with one attached hydrogen (secondary N) is 1. The van der Waals surface area contributed by atoms with E-state index in [0.29, 0.717) is 6.42 Å². The molecule has 2 N–H and O–H groups in total. The Morgan fingerprint density at radius 1 is 1.59 bits per heavy atom. The van der Waals surface area contributed by atoms with Gasteiger partial charge in [-0.05, 0) is 12.5 Å². The molecule has 0 saturated carbocycles. The highest BCUT2D eigenvalue weighted by Crippen LogP contribution is 2.14. The second kappa shape index (κ2) is 5.89. The van der Waals surface area contributed by atoms with E-state index in [9.17, 15) is 12.8 Å². The van der Waals surface area contributed by atoms with Crippen molar-refractivity contribution < 1.29 is 17.9 Å². The summed E-state index contributed by atoms with van der Waals surface area (Å²) < 4.78 is 39.7. The zero-order valence-corrected chi connectivity index (χ0v) is 10.1. The lowest BCUT2D eigenvalue weighted by molar-refractivity contribution is 0.276. The highest BCUT2D eigenvalue weighted by molar-refractivity contribution is 7.90. The molecule has 6 nitrogen and oxygen atoms in total. The van der Waals surface area contributed by atoms with Crippen molar-refractivity contribution in [2.24, 2.45) is 0 Å². The minimum atomic E-state index is -3.80. The Morgan fingerprint density at radius 2 is 2.29 bits per heavy atom. The van der Waals surface area contributed by atoms with E-state index in [2.05, 4.69) is 9.71 Å². The average Bonchev–Trinajstić information content (AvgIpc) is 2.28. The van der Waals surface area contributed by atoms with Gasteiger partial charge in [0.1, 0.15) is 0 Å². The van der Waals surface area contributed by atoms with Gasteiger partial charge in [-0.25, -0.2) is 4.39 Å². The minimum Gasteiger partial charge on any atom is -0.396 e. The number of halogens is 1. The van der Waals surface area contributed by atoms with Crippen LogP contribution in [-0.2, 0) is 10.2 Å². The molecule has 0 aliphatic carbocycles. The molecule has 8 heteroatoms. The SMILES string of the molecule is CN(CCCO)S(=O)(=O)Nc1ccncc1F. The predicted octanol–water partition coefficient (Wildman–Crippen LogP) is 0.192. The van der Waals surface area contributed by atoms with Crippen LogP contribution in [-0.4, -0.2) is 43.0 Å². The molecule has 0 saturated heterocycles. The number of pyridine rings is 1. The fraction of sp³-hybridized carbons (Fsp3) is 0.444. The first-order chi connectivity index (χ1) is 7.97. The summed E-state index contributed by atoms with van der Waals surface area (Å²) in [5, 5.41) is 8.60. The molecule has 0 atom stereocenters. The van der Waals surface area contributed by atoms with Gasteiger partial charge in [0.25, 0.3) is 0 Å². The van der Waals surface area contributed by atoms with Crippen molar-refractivity contribution >= 4 is 15.9 Å². The molecule has 1 aromatic heterocycles. The number of nitrogens with zero attached hydrogens (tertiary/aromatic N) is 2. The van der Waals surface area contributed by atoms with E-state index in [0.717, 1.165) is 10.5 Å². The largest absolute Gasteiger partial charge is 0.396 e. The van der Waals surface area contributed by atoms with Crippen LogP contribution in [0.1, 0.15) is 6.42 Å². The van der Waals surface area contributed by atoms with E-state index in [1.54, 1.807) is 0 Å².